The molecule has 4 rings (SSSR count). The van der Waals surface area contributed by atoms with Crippen molar-refractivity contribution in [1.29, 1.82) is 0 Å². The summed E-state index contributed by atoms with van der Waals surface area (Å²) < 4.78 is 23.8. The Hall–Kier alpha value is -3.37. The molecule has 10 heteroatoms. The van der Waals surface area contributed by atoms with Gasteiger partial charge in [-0.05, 0) is 58.4 Å². The molecule has 1 aliphatic heterocycles. The number of fused-ring (bicyclic) bond motifs is 3. The summed E-state index contributed by atoms with van der Waals surface area (Å²) in [6.45, 7) is 8.50. The molecular weight excluding hydrogens is 568 g/mol. The Morgan fingerprint density at radius 2 is 1.87 bits per heavy atom. The molecule has 39 heavy (non-hydrogen) atoms. The molecule has 0 N–H and O–H groups in total. The van der Waals surface area contributed by atoms with Gasteiger partial charge in [-0.2, -0.15) is 0 Å². The third-order valence-electron chi connectivity index (χ3n) is 6.60. The fourth-order valence-corrected chi connectivity index (χ4v) is 4.88. The van der Waals surface area contributed by atoms with Crippen LogP contribution >= 0.6 is 15.9 Å². The summed E-state index contributed by atoms with van der Waals surface area (Å²) in [6, 6.07) is 13.8. The van der Waals surface area contributed by atoms with Crippen molar-refractivity contribution in [2.75, 3.05) is 26.9 Å². The van der Waals surface area contributed by atoms with Gasteiger partial charge >= 0.3 is 6.09 Å². The van der Waals surface area contributed by atoms with Crippen LogP contribution in [0.4, 0.5) is 4.79 Å². The van der Waals surface area contributed by atoms with Crippen LogP contribution in [0.15, 0.2) is 57.4 Å². The molecule has 0 fully saturated rings. The van der Waals surface area contributed by atoms with Gasteiger partial charge in [-0.1, -0.05) is 46.3 Å². The van der Waals surface area contributed by atoms with Crippen molar-refractivity contribution in [2.45, 2.75) is 51.8 Å². The van der Waals surface area contributed by atoms with Crippen LogP contribution in [-0.2, 0) is 14.3 Å². The Labute approximate surface area is 236 Å². The van der Waals surface area contributed by atoms with Crippen LogP contribution in [0.25, 0.3) is 11.0 Å². The van der Waals surface area contributed by atoms with Crippen LogP contribution in [0.3, 0.4) is 0 Å². The average Bonchev–Trinajstić information content (AvgIpc) is 3.19. The van der Waals surface area contributed by atoms with Crippen LogP contribution in [-0.4, -0.2) is 65.7 Å². The summed E-state index contributed by atoms with van der Waals surface area (Å²) in [5.41, 5.74) is -1.25. The molecule has 0 spiro atoms. The second kappa shape index (κ2) is 11.0. The molecule has 0 bridgehead atoms. The molecule has 0 saturated carbocycles. The number of methoxy groups -OCH3 is 1. The van der Waals surface area contributed by atoms with Crippen molar-refractivity contribution in [3.8, 4) is 5.75 Å². The first kappa shape index (κ1) is 28.6. The van der Waals surface area contributed by atoms with Crippen LogP contribution < -0.4 is 4.74 Å². The van der Waals surface area contributed by atoms with E-state index in [1.54, 1.807) is 46.8 Å². The molecule has 2 heterocycles. The first-order valence-electron chi connectivity index (χ1n) is 12.6. The second-order valence-corrected chi connectivity index (χ2v) is 11.6. The lowest BCUT2D eigenvalue weighted by molar-refractivity contribution is -0.145. The third-order valence-corrected chi connectivity index (χ3v) is 7.09. The van der Waals surface area contributed by atoms with E-state index in [1.165, 1.54) is 12.0 Å². The first-order chi connectivity index (χ1) is 18.4. The van der Waals surface area contributed by atoms with Crippen molar-refractivity contribution in [3.05, 3.63) is 64.3 Å². The number of carbonyl (C=O) groups excluding carboxylic acids is 3. The van der Waals surface area contributed by atoms with Gasteiger partial charge in [0, 0.05) is 18.1 Å². The molecule has 0 saturated heterocycles. The average molecular weight is 601 g/mol. The van der Waals surface area contributed by atoms with Crippen LogP contribution in [0.5, 0.6) is 5.75 Å². The zero-order chi connectivity index (χ0) is 28.5. The van der Waals surface area contributed by atoms with E-state index < -0.39 is 35.1 Å². The zero-order valence-corrected chi connectivity index (χ0v) is 24.5. The van der Waals surface area contributed by atoms with Gasteiger partial charge in [0.15, 0.2) is 11.3 Å². The van der Waals surface area contributed by atoms with Crippen molar-refractivity contribution in [3.63, 3.8) is 0 Å². The second-order valence-electron chi connectivity index (χ2n) is 10.7. The number of furan rings is 1. The number of ether oxygens (including phenoxy) is 3. The monoisotopic (exact) mass is 600 g/mol. The summed E-state index contributed by atoms with van der Waals surface area (Å²) in [5.74, 6) is -0.953. The Morgan fingerprint density at radius 1 is 1.18 bits per heavy atom. The van der Waals surface area contributed by atoms with Gasteiger partial charge in [-0.15, -0.1) is 0 Å². The lowest BCUT2D eigenvalue weighted by Crippen LogP contribution is -2.64. The molecule has 3 amide bonds. The van der Waals surface area contributed by atoms with Gasteiger partial charge < -0.3 is 23.5 Å². The highest BCUT2D eigenvalue weighted by atomic mass is 79.9. The minimum absolute atomic E-state index is 0.0179. The number of benzene rings is 2. The lowest BCUT2D eigenvalue weighted by Gasteiger charge is -2.41. The molecule has 0 radical (unpaired) electrons. The summed E-state index contributed by atoms with van der Waals surface area (Å²) in [5, 5.41) is 0.603. The van der Waals surface area contributed by atoms with Gasteiger partial charge in [0.05, 0.1) is 18.0 Å². The molecule has 0 unspecified atom stereocenters. The van der Waals surface area contributed by atoms with E-state index in [-0.39, 0.29) is 31.3 Å². The summed E-state index contributed by atoms with van der Waals surface area (Å²) in [6.07, 6.45) is -0.819. The summed E-state index contributed by atoms with van der Waals surface area (Å²) in [7, 11) is 1.51. The molecule has 1 aliphatic rings. The van der Waals surface area contributed by atoms with Crippen molar-refractivity contribution in [1.82, 2.24) is 9.80 Å². The van der Waals surface area contributed by atoms with E-state index in [1.807, 2.05) is 36.4 Å². The van der Waals surface area contributed by atoms with Gasteiger partial charge in [-0.3, -0.25) is 9.59 Å². The van der Waals surface area contributed by atoms with E-state index in [2.05, 4.69) is 15.9 Å². The maximum atomic E-state index is 14.5. The van der Waals surface area contributed by atoms with Crippen LogP contribution in [0, 0.1) is 0 Å². The lowest BCUT2D eigenvalue weighted by atomic mass is 9.96. The maximum Gasteiger partial charge on any atom is 0.417 e. The fourth-order valence-electron chi connectivity index (χ4n) is 4.54. The third kappa shape index (κ3) is 5.67. The largest absolute Gasteiger partial charge is 0.486 e. The minimum Gasteiger partial charge on any atom is -0.486 e. The maximum absolute atomic E-state index is 14.5. The molecule has 208 valence electrons. The predicted octanol–water partition coefficient (Wildman–Crippen LogP) is 5.96. The highest BCUT2D eigenvalue weighted by molar-refractivity contribution is 9.10. The first-order valence-corrected chi connectivity index (χ1v) is 13.4. The standard InChI is InChI=1S/C29H33BrN2O7/c1-18(19-10-8-7-9-11-19)32(27(35)39-28(2,3)4)26(34)29(5)17-37-23-21-13-12-20(30)16-22(21)38-24(23)25(33)31(29)14-15-36-6/h7-13,16,18H,14-15,17H2,1-6H3/t18-,29-/m0/s1. The van der Waals surface area contributed by atoms with Gasteiger partial charge in [0.1, 0.15) is 17.8 Å². The summed E-state index contributed by atoms with van der Waals surface area (Å²) >= 11 is 3.42. The van der Waals surface area contributed by atoms with Crippen molar-refractivity contribution < 1.29 is 33.0 Å². The predicted molar refractivity (Wildman–Crippen MR) is 149 cm³/mol. The highest BCUT2D eigenvalue weighted by Gasteiger charge is 2.52. The van der Waals surface area contributed by atoms with Crippen LogP contribution in [0.2, 0.25) is 0 Å². The molecular formula is C29H33BrN2O7. The van der Waals surface area contributed by atoms with Gasteiger partial charge in [0.25, 0.3) is 11.8 Å². The molecule has 2 aromatic carbocycles. The molecule has 2 atom stereocenters. The van der Waals surface area contributed by atoms with E-state index >= 15 is 0 Å². The normalized spacial score (nSPS) is 18.2. The van der Waals surface area contributed by atoms with E-state index in [0.29, 0.717) is 11.0 Å². The van der Waals surface area contributed by atoms with Gasteiger partial charge in [0.2, 0.25) is 5.76 Å². The van der Waals surface area contributed by atoms with Crippen molar-refractivity contribution >= 4 is 44.8 Å². The number of nitrogens with zero attached hydrogens (tertiary/aromatic N) is 2. The minimum atomic E-state index is -1.60. The SMILES string of the molecule is COCCN1C(=O)c2oc3cc(Br)ccc3c2OC[C@@]1(C)C(=O)N(C(=O)OC(C)(C)C)[C@@H](C)c1ccccc1. The zero-order valence-electron chi connectivity index (χ0n) is 22.9. The van der Waals surface area contributed by atoms with E-state index in [4.69, 9.17) is 18.6 Å². The topological polar surface area (TPSA) is 98.5 Å². The molecule has 3 aromatic rings. The molecule has 0 aliphatic carbocycles. The number of hydrogen-bond donors (Lipinski definition) is 0. The Bertz CT molecular complexity index is 1380. The highest BCUT2D eigenvalue weighted by Crippen LogP contribution is 2.40. The number of carbonyl (C=O) groups is 3. The molecule has 9 nitrogen and oxygen atoms in total. The molecule has 1 aromatic heterocycles. The number of rotatable bonds is 6. The number of amides is 3. The van der Waals surface area contributed by atoms with Crippen LogP contribution in [0.1, 0.15) is 56.8 Å². The van der Waals surface area contributed by atoms with E-state index in [0.717, 1.165) is 14.9 Å². The summed E-state index contributed by atoms with van der Waals surface area (Å²) in [4.78, 5) is 44.4. The smallest absolute Gasteiger partial charge is 0.417 e. The number of halogens is 1. The number of hydrogen-bond acceptors (Lipinski definition) is 7. The van der Waals surface area contributed by atoms with E-state index in [9.17, 15) is 14.4 Å². The van der Waals surface area contributed by atoms with Crippen molar-refractivity contribution in [2.24, 2.45) is 0 Å². The number of imide groups is 1. The Morgan fingerprint density at radius 3 is 2.51 bits per heavy atom. The fraction of sp³-hybridized carbons (Fsp3) is 0.414. The quantitative estimate of drug-likeness (QED) is 0.344. The Balaban J connectivity index is 1.81. The Kier molecular flexibility index (Phi) is 8.09. The van der Waals surface area contributed by atoms with Gasteiger partial charge in [-0.25, -0.2) is 9.69 Å².